The minimum absolute atomic E-state index is 0.00875. The van der Waals surface area contributed by atoms with Crippen molar-refractivity contribution in [2.24, 2.45) is 5.92 Å². The molecule has 17 heavy (non-hydrogen) atoms. The normalized spacial score (nSPS) is 23.5. The molecule has 2 atom stereocenters. The third-order valence-corrected chi connectivity index (χ3v) is 3.01. The van der Waals surface area contributed by atoms with Crippen LogP contribution in [-0.4, -0.2) is 49.2 Å². The van der Waals surface area contributed by atoms with Crippen molar-refractivity contribution in [3.05, 3.63) is 0 Å². The van der Waals surface area contributed by atoms with E-state index in [4.69, 9.17) is 9.47 Å². The van der Waals surface area contributed by atoms with Crippen LogP contribution in [0.1, 0.15) is 27.2 Å². The SMILES string of the molecule is CCOC(=O)CN(CC)C(=O)C1CCOC1C. The van der Waals surface area contributed by atoms with Crippen LogP contribution in [0.4, 0.5) is 0 Å². The molecule has 1 heterocycles. The molecule has 0 aromatic heterocycles. The zero-order chi connectivity index (χ0) is 12.8. The number of hydrogen-bond donors (Lipinski definition) is 0. The van der Waals surface area contributed by atoms with Crippen LogP contribution in [0.2, 0.25) is 0 Å². The molecule has 5 heteroatoms. The molecule has 0 aromatic rings. The maximum atomic E-state index is 12.2. The minimum Gasteiger partial charge on any atom is -0.465 e. The molecule has 5 nitrogen and oxygen atoms in total. The molecule has 1 aliphatic rings. The van der Waals surface area contributed by atoms with Crippen molar-refractivity contribution in [2.75, 3.05) is 26.3 Å². The highest BCUT2D eigenvalue weighted by Crippen LogP contribution is 2.22. The van der Waals surface area contributed by atoms with E-state index in [1.165, 1.54) is 4.90 Å². The topological polar surface area (TPSA) is 55.8 Å². The molecule has 98 valence electrons. The molecular weight excluding hydrogens is 222 g/mol. The standard InChI is InChI=1S/C12H21NO4/c1-4-13(8-11(14)16-5-2)12(15)10-6-7-17-9(10)3/h9-10H,4-8H2,1-3H3. The van der Waals surface area contributed by atoms with Crippen LogP contribution < -0.4 is 0 Å². The first kappa shape index (κ1) is 14.0. The van der Waals surface area contributed by atoms with Gasteiger partial charge in [-0.15, -0.1) is 0 Å². The lowest BCUT2D eigenvalue weighted by atomic mass is 10.0. The van der Waals surface area contributed by atoms with E-state index in [2.05, 4.69) is 0 Å². The highest BCUT2D eigenvalue weighted by Gasteiger charge is 2.34. The van der Waals surface area contributed by atoms with Crippen LogP contribution in [0.15, 0.2) is 0 Å². The van der Waals surface area contributed by atoms with E-state index in [0.29, 0.717) is 19.8 Å². The van der Waals surface area contributed by atoms with Crippen LogP contribution in [0.3, 0.4) is 0 Å². The Balaban J connectivity index is 2.54. The Labute approximate surface area is 102 Å². The Morgan fingerprint density at radius 1 is 1.41 bits per heavy atom. The number of rotatable bonds is 5. The summed E-state index contributed by atoms with van der Waals surface area (Å²) in [6.07, 6.45) is 0.679. The van der Waals surface area contributed by atoms with Crippen molar-refractivity contribution < 1.29 is 19.1 Å². The van der Waals surface area contributed by atoms with E-state index in [-0.39, 0.29) is 30.4 Å². The van der Waals surface area contributed by atoms with Gasteiger partial charge in [-0.2, -0.15) is 0 Å². The lowest BCUT2D eigenvalue weighted by Crippen LogP contribution is -2.41. The van der Waals surface area contributed by atoms with Crippen LogP contribution in [0.25, 0.3) is 0 Å². The van der Waals surface area contributed by atoms with Gasteiger partial charge in [0.2, 0.25) is 5.91 Å². The second-order valence-electron chi connectivity index (χ2n) is 4.13. The predicted octanol–water partition coefficient (Wildman–Crippen LogP) is 0.823. The van der Waals surface area contributed by atoms with E-state index in [9.17, 15) is 9.59 Å². The summed E-state index contributed by atoms with van der Waals surface area (Å²) in [5, 5.41) is 0. The molecule has 0 radical (unpaired) electrons. The van der Waals surface area contributed by atoms with Gasteiger partial charge in [-0.25, -0.2) is 0 Å². The molecule has 0 aliphatic carbocycles. The van der Waals surface area contributed by atoms with E-state index in [1.807, 2.05) is 13.8 Å². The molecule has 1 amide bonds. The number of likely N-dealkylation sites (N-methyl/N-ethyl adjacent to an activating group) is 1. The quantitative estimate of drug-likeness (QED) is 0.671. The average Bonchev–Trinajstić information content (AvgIpc) is 2.72. The monoisotopic (exact) mass is 243 g/mol. The summed E-state index contributed by atoms with van der Waals surface area (Å²) < 4.78 is 10.2. The largest absolute Gasteiger partial charge is 0.465 e. The summed E-state index contributed by atoms with van der Waals surface area (Å²) in [5.74, 6) is -0.482. The Morgan fingerprint density at radius 3 is 2.59 bits per heavy atom. The molecule has 0 bridgehead atoms. The van der Waals surface area contributed by atoms with Crippen molar-refractivity contribution in [2.45, 2.75) is 33.3 Å². The molecule has 1 saturated heterocycles. The highest BCUT2D eigenvalue weighted by atomic mass is 16.5. The number of hydrogen-bond acceptors (Lipinski definition) is 4. The Hall–Kier alpha value is -1.10. The van der Waals surface area contributed by atoms with Gasteiger partial charge in [-0.1, -0.05) is 0 Å². The fourth-order valence-electron chi connectivity index (χ4n) is 2.00. The van der Waals surface area contributed by atoms with Gasteiger partial charge in [0, 0.05) is 13.2 Å². The fraction of sp³-hybridized carbons (Fsp3) is 0.833. The van der Waals surface area contributed by atoms with Crippen LogP contribution in [-0.2, 0) is 19.1 Å². The third kappa shape index (κ3) is 3.70. The van der Waals surface area contributed by atoms with Crippen molar-refractivity contribution in [1.29, 1.82) is 0 Å². The van der Waals surface area contributed by atoms with E-state index in [1.54, 1.807) is 6.92 Å². The average molecular weight is 243 g/mol. The van der Waals surface area contributed by atoms with Gasteiger partial charge in [0.1, 0.15) is 6.54 Å². The van der Waals surface area contributed by atoms with Crippen LogP contribution in [0, 0.1) is 5.92 Å². The summed E-state index contributed by atoms with van der Waals surface area (Å²) >= 11 is 0. The van der Waals surface area contributed by atoms with Gasteiger partial charge < -0.3 is 14.4 Å². The van der Waals surface area contributed by atoms with E-state index in [0.717, 1.165) is 6.42 Å². The van der Waals surface area contributed by atoms with Gasteiger partial charge in [-0.05, 0) is 27.2 Å². The molecule has 1 fully saturated rings. The minimum atomic E-state index is -0.353. The van der Waals surface area contributed by atoms with Gasteiger partial charge in [0.15, 0.2) is 0 Å². The first-order chi connectivity index (χ1) is 8.10. The third-order valence-electron chi connectivity index (χ3n) is 3.01. The number of amides is 1. The lowest BCUT2D eigenvalue weighted by molar-refractivity contribution is -0.150. The smallest absolute Gasteiger partial charge is 0.325 e. The van der Waals surface area contributed by atoms with Crippen LogP contribution >= 0.6 is 0 Å². The van der Waals surface area contributed by atoms with Crippen LogP contribution in [0.5, 0.6) is 0 Å². The van der Waals surface area contributed by atoms with Gasteiger partial charge in [-0.3, -0.25) is 9.59 Å². The molecular formula is C12H21NO4. The van der Waals surface area contributed by atoms with Crippen molar-refractivity contribution >= 4 is 11.9 Å². The van der Waals surface area contributed by atoms with E-state index >= 15 is 0 Å². The summed E-state index contributed by atoms with van der Waals surface area (Å²) in [7, 11) is 0. The highest BCUT2D eigenvalue weighted by molar-refractivity contribution is 5.84. The Bertz CT molecular complexity index is 280. The summed E-state index contributed by atoms with van der Waals surface area (Å²) in [5.41, 5.74) is 0. The summed E-state index contributed by atoms with van der Waals surface area (Å²) in [4.78, 5) is 25.1. The molecule has 1 rings (SSSR count). The zero-order valence-corrected chi connectivity index (χ0v) is 10.8. The lowest BCUT2D eigenvalue weighted by Gasteiger charge is -2.24. The predicted molar refractivity (Wildman–Crippen MR) is 62.4 cm³/mol. The molecule has 0 spiro atoms. The maximum Gasteiger partial charge on any atom is 0.325 e. The van der Waals surface area contributed by atoms with Gasteiger partial charge in [0.05, 0.1) is 18.6 Å². The summed E-state index contributed by atoms with van der Waals surface area (Å²) in [6, 6.07) is 0. The number of carbonyl (C=O) groups excluding carboxylic acids is 2. The Kier molecular flexibility index (Phi) is 5.41. The first-order valence-electron chi connectivity index (χ1n) is 6.16. The first-order valence-corrected chi connectivity index (χ1v) is 6.16. The molecule has 0 saturated carbocycles. The molecule has 1 aliphatic heterocycles. The van der Waals surface area contributed by atoms with Crippen molar-refractivity contribution in [3.63, 3.8) is 0 Å². The van der Waals surface area contributed by atoms with E-state index < -0.39 is 0 Å². The zero-order valence-electron chi connectivity index (χ0n) is 10.8. The molecule has 2 unspecified atom stereocenters. The van der Waals surface area contributed by atoms with Crippen molar-refractivity contribution in [1.82, 2.24) is 4.90 Å². The maximum absolute atomic E-state index is 12.2. The number of nitrogens with zero attached hydrogens (tertiary/aromatic N) is 1. The van der Waals surface area contributed by atoms with Gasteiger partial charge >= 0.3 is 5.97 Å². The fourth-order valence-corrected chi connectivity index (χ4v) is 2.00. The number of ether oxygens (including phenoxy) is 2. The number of esters is 1. The second-order valence-corrected chi connectivity index (χ2v) is 4.13. The summed E-state index contributed by atoms with van der Waals surface area (Å²) in [6.45, 7) is 7.02. The molecule has 0 N–H and O–H groups in total. The van der Waals surface area contributed by atoms with Gasteiger partial charge in [0.25, 0.3) is 0 Å². The van der Waals surface area contributed by atoms with Crippen molar-refractivity contribution in [3.8, 4) is 0 Å². The Morgan fingerprint density at radius 2 is 2.12 bits per heavy atom. The second kappa shape index (κ2) is 6.59. The number of carbonyl (C=O) groups is 2. The molecule has 0 aromatic carbocycles.